The molecule has 0 fully saturated rings. The molecule has 0 aliphatic rings. The standard InChI is InChI=1S/C20H16BrN5O3/c1-26(2)20(28)29-17-4-3-10-22-16(17)12-23-19(27)18-15(9-11-24-25-18)13-5-7-14(21)8-6-13/h3-12H,1-2H3. The van der Waals surface area contributed by atoms with Crippen molar-refractivity contribution in [2.45, 2.75) is 0 Å². The molecular formula is C20H16BrN5O3. The summed E-state index contributed by atoms with van der Waals surface area (Å²) >= 11 is 3.38. The monoisotopic (exact) mass is 453 g/mol. The smallest absolute Gasteiger partial charge is 0.408 e. The van der Waals surface area contributed by atoms with Gasteiger partial charge in [-0.25, -0.2) is 9.79 Å². The lowest BCUT2D eigenvalue weighted by molar-refractivity contribution is 0.0998. The molecule has 2 aromatic heterocycles. The van der Waals surface area contributed by atoms with Gasteiger partial charge < -0.3 is 9.64 Å². The van der Waals surface area contributed by atoms with Gasteiger partial charge in [0.15, 0.2) is 11.4 Å². The van der Waals surface area contributed by atoms with E-state index in [0.29, 0.717) is 5.56 Å². The fourth-order valence-corrected chi connectivity index (χ4v) is 2.57. The van der Waals surface area contributed by atoms with Crippen molar-refractivity contribution >= 4 is 34.1 Å². The fraction of sp³-hybridized carbons (Fsp3) is 0.100. The van der Waals surface area contributed by atoms with E-state index < -0.39 is 12.0 Å². The van der Waals surface area contributed by atoms with Crippen molar-refractivity contribution in [3.63, 3.8) is 0 Å². The molecular weight excluding hydrogens is 438 g/mol. The average molecular weight is 454 g/mol. The number of ether oxygens (including phenoxy) is 1. The highest BCUT2D eigenvalue weighted by atomic mass is 79.9. The number of aromatic nitrogens is 3. The van der Waals surface area contributed by atoms with Crippen LogP contribution < -0.4 is 4.74 Å². The van der Waals surface area contributed by atoms with Gasteiger partial charge in [0.25, 0.3) is 5.91 Å². The van der Waals surface area contributed by atoms with Crippen LogP contribution >= 0.6 is 15.9 Å². The van der Waals surface area contributed by atoms with Gasteiger partial charge in [0.2, 0.25) is 0 Å². The third-order valence-corrected chi connectivity index (χ3v) is 4.27. The molecule has 0 spiro atoms. The summed E-state index contributed by atoms with van der Waals surface area (Å²) in [5, 5.41) is 7.74. The van der Waals surface area contributed by atoms with E-state index in [2.05, 4.69) is 36.1 Å². The van der Waals surface area contributed by atoms with E-state index in [4.69, 9.17) is 4.74 Å². The zero-order valence-electron chi connectivity index (χ0n) is 15.6. The number of carbonyl (C=O) groups excluding carboxylic acids is 2. The quantitative estimate of drug-likeness (QED) is 0.559. The number of carbonyl (C=O) groups is 2. The third-order valence-electron chi connectivity index (χ3n) is 3.74. The summed E-state index contributed by atoms with van der Waals surface area (Å²) in [6.45, 7) is 0. The second kappa shape index (κ2) is 9.16. The van der Waals surface area contributed by atoms with Crippen LogP contribution in [-0.2, 0) is 0 Å². The molecule has 1 aromatic carbocycles. The molecule has 0 atom stereocenters. The van der Waals surface area contributed by atoms with Crippen LogP contribution in [0.15, 0.2) is 64.3 Å². The number of amides is 2. The lowest BCUT2D eigenvalue weighted by Gasteiger charge is -2.11. The molecule has 29 heavy (non-hydrogen) atoms. The Labute approximate surface area is 175 Å². The molecule has 3 rings (SSSR count). The predicted octanol–water partition coefficient (Wildman–Crippen LogP) is 3.62. The highest BCUT2D eigenvalue weighted by molar-refractivity contribution is 9.10. The van der Waals surface area contributed by atoms with E-state index >= 15 is 0 Å². The van der Waals surface area contributed by atoms with Crippen molar-refractivity contribution in [1.82, 2.24) is 20.1 Å². The molecule has 0 aliphatic carbocycles. The zero-order valence-corrected chi connectivity index (χ0v) is 17.2. The first kappa shape index (κ1) is 20.3. The number of nitrogens with zero attached hydrogens (tertiary/aromatic N) is 5. The first-order valence-electron chi connectivity index (χ1n) is 8.46. The Kier molecular flexibility index (Phi) is 6.40. The number of halogens is 1. The second-order valence-electron chi connectivity index (χ2n) is 6.01. The van der Waals surface area contributed by atoms with E-state index in [-0.39, 0.29) is 17.1 Å². The van der Waals surface area contributed by atoms with Crippen LogP contribution in [0.3, 0.4) is 0 Å². The molecule has 0 N–H and O–H groups in total. The minimum absolute atomic E-state index is 0.105. The Hall–Kier alpha value is -3.46. The number of aliphatic imine (C=N–C) groups is 1. The molecule has 0 saturated carbocycles. The van der Waals surface area contributed by atoms with Gasteiger partial charge in [0, 0.05) is 30.3 Å². The maximum Gasteiger partial charge on any atom is 0.414 e. The summed E-state index contributed by atoms with van der Waals surface area (Å²) in [6.07, 6.45) is 3.69. The summed E-state index contributed by atoms with van der Waals surface area (Å²) in [5.74, 6) is -0.401. The van der Waals surface area contributed by atoms with Gasteiger partial charge in [0.1, 0.15) is 5.69 Å². The van der Waals surface area contributed by atoms with Crippen LogP contribution in [0.25, 0.3) is 11.1 Å². The molecule has 0 saturated heterocycles. The number of hydrogen-bond acceptors (Lipinski definition) is 6. The first-order valence-corrected chi connectivity index (χ1v) is 9.25. The Balaban J connectivity index is 1.88. The summed E-state index contributed by atoms with van der Waals surface area (Å²) < 4.78 is 6.16. The first-order chi connectivity index (χ1) is 14.0. The molecule has 0 bridgehead atoms. The molecule has 146 valence electrons. The van der Waals surface area contributed by atoms with Gasteiger partial charge in [-0.2, -0.15) is 5.10 Å². The summed E-state index contributed by atoms with van der Waals surface area (Å²) in [5.41, 5.74) is 1.76. The number of rotatable bonds is 4. The Morgan fingerprint density at radius 2 is 1.86 bits per heavy atom. The van der Waals surface area contributed by atoms with Crippen molar-refractivity contribution in [2.24, 2.45) is 4.99 Å². The molecule has 2 heterocycles. The van der Waals surface area contributed by atoms with Crippen molar-refractivity contribution in [1.29, 1.82) is 0 Å². The maximum atomic E-state index is 12.7. The lowest BCUT2D eigenvalue weighted by atomic mass is 10.0. The van der Waals surface area contributed by atoms with Crippen LogP contribution in [0.1, 0.15) is 16.2 Å². The number of hydrogen-bond donors (Lipinski definition) is 0. The topological polar surface area (TPSA) is 97.6 Å². The van der Waals surface area contributed by atoms with Crippen molar-refractivity contribution < 1.29 is 14.3 Å². The SMILES string of the molecule is CN(C)C(=O)Oc1cccnc1C=NC(=O)c1nnccc1-c1ccc(Br)cc1. The summed E-state index contributed by atoms with van der Waals surface area (Å²) in [4.78, 5) is 33.8. The lowest BCUT2D eigenvalue weighted by Crippen LogP contribution is -2.25. The molecule has 3 aromatic rings. The Morgan fingerprint density at radius 1 is 1.10 bits per heavy atom. The van der Waals surface area contributed by atoms with Gasteiger partial charge in [0.05, 0.1) is 12.4 Å². The van der Waals surface area contributed by atoms with Crippen LogP contribution in [0, 0.1) is 0 Å². The van der Waals surface area contributed by atoms with Gasteiger partial charge in [-0.15, -0.1) is 5.10 Å². The van der Waals surface area contributed by atoms with E-state index in [0.717, 1.165) is 10.0 Å². The summed E-state index contributed by atoms with van der Waals surface area (Å²) in [6, 6.07) is 12.3. The fourth-order valence-electron chi connectivity index (χ4n) is 2.30. The van der Waals surface area contributed by atoms with Gasteiger partial charge in [-0.3, -0.25) is 9.78 Å². The number of benzene rings is 1. The molecule has 0 unspecified atom stereocenters. The van der Waals surface area contributed by atoms with E-state index in [1.54, 1.807) is 32.3 Å². The zero-order chi connectivity index (χ0) is 20.8. The van der Waals surface area contributed by atoms with E-state index in [9.17, 15) is 9.59 Å². The Bertz CT molecular complexity index is 1070. The predicted molar refractivity (Wildman–Crippen MR) is 111 cm³/mol. The highest BCUT2D eigenvalue weighted by Crippen LogP contribution is 2.24. The van der Waals surface area contributed by atoms with E-state index in [1.165, 1.54) is 23.5 Å². The minimum atomic E-state index is -0.591. The molecule has 9 heteroatoms. The van der Waals surface area contributed by atoms with Crippen molar-refractivity contribution in [3.8, 4) is 16.9 Å². The molecule has 0 radical (unpaired) electrons. The third kappa shape index (κ3) is 5.08. The molecule has 8 nitrogen and oxygen atoms in total. The summed E-state index contributed by atoms with van der Waals surface area (Å²) in [7, 11) is 3.13. The minimum Gasteiger partial charge on any atom is -0.408 e. The molecule has 0 aliphatic heterocycles. The largest absolute Gasteiger partial charge is 0.414 e. The van der Waals surface area contributed by atoms with E-state index in [1.807, 2.05) is 24.3 Å². The average Bonchev–Trinajstić information content (AvgIpc) is 2.73. The van der Waals surface area contributed by atoms with Crippen LogP contribution in [-0.4, -0.2) is 52.4 Å². The number of pyridine rings is 1. The molecule has 2 amide bonds. The van der Waals surface area contributed by atoms with Crippen molar-refractivity contribution in [3.05, 3.63) is 70.7 Å². The van der Waals surface area contributed by atoms with Gasteiger partial charge in [-0.05, 0) is 35.9 Å². The van der Waals surface area contributed by atoms with Crippen LogP contribution in [0.5, 0.6) is 5.75 Å². The van der Waals surface area contributed by atoms with Crippen molar-refractivity contribution in [2.75, 3.05) is 14.1 Å². The normalized spacial score (nSPS) is 10.7. The van der Waals surface area contributed by atoms with Gasteiger partial charge in [-0.1, -0.05) is 28.1 Å². The Morgan fingerprint density at radius 3 is 2.59 bits per heavy atom. The highest BCUT2D eigenvalue weighted by Gasteiger charge is 2.15. The van der Waals surface area contributed by atoms with Gasteiger partial charge >= 0.3 is 6.09 Å². The maximum absolute atomic E-state index is 12.7. The van der Waals surface area contributed by atoms with Crippen LogP contribution in [0.2, 0.25) is 0 Å². The van der Waals surface area contributed by atoms with Crippen LogP contribution in [0.4, 0.5) is 4.79 Å². The second-order valence-corrected chi connectivity index (χ2v) is 6.93.